The maximum atomic E-state index is 13.8. The molecule has 0 aliphatic heterocycles. The smallest absolute Gasteiger partial charge is 0.128 e. The zero-order valence-corrected chi connectivity index (χ0v) is 11.7. The predicted octanol–water partition coefficient (Wildman–Crippen LogP) is 3.04. The Morgan fingerprint density at radius 2 is 1.89 bits per heavy atom. The first-order valence-electron chi connectivity index (χ1n) is 5.50. The van der Waals surface area contributed by atoms with Crippen molar-refractivity contribution in [3.8, 4) is 0 Å². The molecular formula is C13H13BrFN3. The Balaban J connectivity index is 2.50. The SMILES string of the molecule is Cc1cc(C(N)c2cc(Br)ccc2F)c(C)nn1. The van der Waals surface area contributed by atoms with Crippen molar-refractivity contribution in [3.05, 3.63) is 57.1 Å². The monoisotopic (exact) mass is 309 g/mol. The summed E-state index contributed by atoms with van der Waals surface area (Å²) in [6.07, 6.45) is 0. The maximum absolute atomic E-state index is 13.8. The van der Waals surface area contributed by atoms with Crippen LogP contribution in [0.5, 0.6) is 0 Å². The van der Waals surface area contributed by atoms with E-state index in [1.807, 2.05) is 19.9 Å². The van der Waals surface area contributed by atoms with Crippen LogP contribution in [0.2, 0.25) is 0 Å². The summed E-state index contributed by atoms with van der Waals surface area (Å²) in [6.45, 7) is 3.65. The van der Waals surface area contributed by atoms with Crippen LogP contribution in [0.25, 0.3) is 0 Å². The Morgan fingerprint density at radius 3 is 2.61 bits per heavy atom. The summed E-state index contributed by atoms with van der Waals surface area (Å²) in [4.78, 5) is 0. The van der Waals surface area contributed by atoms with E-state index in [1.165, 1.54) is 6.07 Å². The third-order valence-corrected chi connectivity index (χ3v) is 3.26. The summed E-state index contributed by atoms with van der Waals surface area (Å²) >= 11 is 3.32. The highest BCUT2D eigenvalue weighted by atomic mass is 79.9. The Bertz CT molecular complexity index is 535. The highest BCUT2D eigenvalue weighted by Gasteiger charge is 2.17. The second kappa shape index (κ2) is 5.12. The van der Waals surface area contributed by atoms with Gasteiger partial charge in [-0.05, 0) is 43.7 Å². The van der Waals surface area contributed by atoms with Gasteiger partial charge in [0.25, 0.3) is 0 Å². The van der Waals surface area contributed by atoms with Crippen LogP contribution in [0.3, 0.4) is 0 Å². The van der Waals surface area contributed by atoms with Gasteiger partial charge in [0.2, 0.25) is 0 Å². The van der Waals surface area contributed by atoms with Crippen LogP contribution in [0.1, 0.15) is 28.6 Å². The first-order valence-corrected chi connectivity index (χ1v) is 6.29. The van der Waals surface area contributed by atoms with Gasteiger partial charge in [-0.2, -0.15) is 10.2 Å². The van der Waals surface area contributed by atoms with E-state index in [0.29, 0.717) is 11.3 Å². The lowest BCUT2D eigenvalue weighted by Gasteiger charge is -2.15. The molecule has 0 saturated heterocycles. The molecule has 1 atom stereocenters. The molecule has 2 rings (SSSR count). The minimum Gasteiger partial charge on any atom is -0.320 e. The van der Waals surface area contributed by atoms with Crippen molar-refractivity contribution in [2.24, 2.45) is 5.73 Å². The number of benzene rings is 1. The Labute approximate surface area is 113 Å². The second-order valence-corrected chi connectivity index (χ2v) is 5.09. The van der Waals surface area contributed by atoms with Crippen molar-refractivity contribution in [2.75, 3.05) is 0 Å². The number of hydrogen-bond acceptors (Lipinski definition) is 3. The van der Waals surface area contributed by atoms with E-state index in [1.54, 1.807) is 12.1 Å². The summed E-state index contributed by atoms with van der Waals surface area (Å²) in [5.41, 5.74) is 8.84. The number of aryl methyl sites for hydroxylation is 2. The van der Waals surface area contributed by atoms with Gasteiger partial charge in [0.1, 0.15) is 5.82 Å². The minimum atomic E-state index is -0.545. The quantitative estimate of drug-likeness (QED) is 0.927. The van der Waals surface area contributed by atoms with Crippen LogP contribution in [0, 0.1) is 19.7 Å². The molecule has 18 heavy (non-hydrogen) atoms. The fourth-order valence-electron chi connectivity index (χ4n) is 1.81. The fraction of sp³-hybridized carbons (Fsp3) is 0.231. The van der Waals surface area contributed by atoms with Crippen LogP contribution < -0.4 is 5.73 Å². The Kier molecular flexibility index (Phi) is 3.73. The van der Waals surface area contributed by atoms with Gasteiger partial charge in [0, 0.05) is 10.0 Å². The Hall–Kier alpha value is -1.33. The van der Waals surface area contributed by atoms with Crippen LogP contribution >= 0.6 is 15.9 Å². The Morgan fingerprint density at radius 1 is 1.17 bits per heavy atom. The highest BCUT2D eigenvalue weighted by molar-refractivity contribution is 9.10. The van der Waals surface area contributed by atoms with Gasteiger partial charge in [0.05, 0.1) is 17.4 Å². The van der Waals surface area contributed by atoms with E-state index in [9.17, 15) is 4.39 Å². The molecular weight excluding hydrogens is 297 g/mol. The summed E-state index contributed by atoms with van der Waals surface area (Å²) < 4.78 is 14.6. The van der Waals surface area contributed by atoms with Gasteiger partial charge in [-0.3, -0.25) is 0 Å². The molecule has 0 radical (unpaired) electrons. The van der Waals surface area contributed by atoms with E-state index >= 15 is 0 Å². The van der Waals surface area contributed by atoms with Gasteiger partial charge in [-0.25, -0.2) is 4.39 Å². The average Bonchev–Trinajstić information content (AvgIpc) is 2.34. The molecule has 1 aromatic carbocycles. The number of rotatable bonds is 2. The standard InChI is InChI=1S/C13H13BrFN3/c1-7-5-10(8(2)18-17-7)13(16)11-6-9(14)3-4-12(11)15/h3-6,13H,16H2,1-2H3. The van der Waals surface area contributed by atoms with Crippen molar-refractivity contribution >= 4 is 15.9 Å². The van der Waals surface area contributed by atoms with E-state index < -0.39 is 6.04 Å². The molecule has 94 valence electrons. The van der Waals surface area contributed by atoms with Crippen LogP contribution in [-0.4, -0.2) is 10.2 Å². The fourth-order valence-corrected chi connectivity index (χ4v) is 2.18. The first-order chi connectivity index (χ1) is 8.49. The zero-order valence-electron chi connectivity index (χ0n) is 10.1. The van der Waals surface area contributed by atoms with Crippen molar-refractivity contribution in [3.63, 3.8) is 0 Å². The zero-order chi connectivity index (χ0) is 13.3. The molecule has 5 heteroatoms. The molecule has 2 aromatic rings. The van der Waals surface area contributed by atoms with Crippen LogP contribution in [0.15, 0.2) is 28.7 Å². The first kappa shape index (κ1) is 13.1. The van der Waals surface area contributed by atoms with E-state index in [4.69, 9.17) is 5.73 Å². The van der Waals surface area contributed by atoms with Crippen molar-refractivity contribution in [2.45, 2.75) is 19.9 Å². The summed E-state index contributed by atoms with van der Waals surface area (Å²) in [6, 6.07) is 6.03. The largest absolute Gasteiger partial charge is 0.320 e. The summed E-state index contributed by atoms with van der Waals surface area (Å²) in [7, 11) is 0. The second-order valence-electron chi connectivity index (χ2n) is 4.17. The van der Waals surface area contributed by atoms with Crippen LogP contribution in [0.4, 0.5) is 4.39 Å². The third kappa shape index (κ3) is 2.57. The molecule has 3 nitrogen and oxygen atoms in total. The molecule has 0 saturated carbocycles. The number of hydrogen-bond donors (Lipinski definition) is 1. The van der Waals surface area contributed by atoms with Gasteiger partial charge < -0.3 is 5.73 Å². The maximum Gasteiger partial charge on any atom is 0.128 e. The molecule has 0 bridgehead atoms. The molecule has 0 aliphatic carbocycles. The lowest BCUT2D eigenvalue weighted by atomic mass is 9.98. The van der Waals surface area contributed by atoms with Crippen molar-refractivity contribution in [1.29, 1.82) is 0 Å². The third-order valence-electron chi connectivity index (χ3n) is 2.77. The molecule has 1 heterocycles. The summed E-state index contributed by atoms with van der Waals surface area (Å²) in [5, 5.41) is 7.96. The molecule has 0 aliphatic rings. The molecule has 0 fully saturated rings. The van der Waals surface area contributed by atoms with Gasteiger partial charge in [0.15, 0.2) is 0 Å². The van der Waals surface area contributed by atoms with E-state index in [-0.39, 0.29) is 5.82 Å². The number of halogens is 2. The van der Waals surface area contributed by atoms with Crippen molar-refractivity contribution < 1.29 is 4.39 Å². The molecule has 2 N–H and O–H groups in total. The molecule has 1 unspecified atom stereocenters. The van der Waals surface area contributed by atoms with Gasteiger partial charge >= 0.3 is 0 Å². The number of nitrogens with two attached hydrogens (primary N) is 1. The lowest BCUT2D eigenvalue weighted by Crippen LogP contribution is -2.16. The average molecular weight is 310 g/mol. The number of aromatic nitrogens is 2. The van der Waals surface area contributed by atoms with E-state index in [2.05, 4.69) is 26.1 Å². The topological polar surface area (TPSA) is 51.8 Å². The predicted molar refractivity (Wildman–Crippen MR) is 71.6 cm³/mol. The van der Waals surface area contributed by atoms with Gasteiger partial charge in [-0.15, -0.1) is 0 Å². The minimum absolute atomic E-state index is 0.320. The van der Waals surface area contributed by atoms with Crippen LogP contribution in [-0.2, 0) is 0 Å². The van der Waals surface area contributed by atoms with E-state index in [0.717, 1.165) is 15.7 Å². The normalized spacial score (nSPS) is 12.5. The van der Waals surface area contributed by atoms with Gasteiger partial charge in [-0.1, -0.05) is 15.9 Å². The summed E-state index contributed by atoms with van der Waals surface area (Å²) in [5.74, 6) is -0.320. The lowest BCUT2D eigenvalue weighted by molar-refractivity contribution is 0.597. The highest BCUT2D eigenvalue weighted by Crippen LogP contribution is 2.26. The molecule has 0 spiro atoms. The van der Waals surface area contributed by atoms with Crippen molar-refractivity contribution in [1.82, 2.24) is 10.2 Å². The number of nitrogens with zero attached hydrogens (tertiary/aromatic N) is 2. The molecule has 0 amide bonds. The molecule has 1 aromatic heterocycles.